The molecule has 2 amide bonds. The van der Waals surface area contributed by atoms with E-state index in [2.05, 4.69) is 10.0 Å². The number of primary amides is 1. The molecule has 0 spiro atoms. The Morgan fingerprint density at radius 1 is 1.21 bits per heavy atom. The number of sulfonamides is 1. The molecule has 28 heavy (non-hydrogen) atoms. The Morgan fingerprint density at radius 3 is 2.39 bits per heavy atom. The summed E-state index contributed by atoms with van der Waals surface area (Å²) >= 11 is 1.23. The van der Waals surface area contributed by atoms with E-state index < -0.39 is 21.8 Å². The minimum absolute atomic E-state index is 0.101. The molecule has 2 aromatic rings. The van der Waals surface area contributed by atoms with Gasteiger partial charge in [-0.25, -0.2) is 13.1 Å². The maximum absolute atomic E-state index is 12.7. The van der Waals surface area contributed by atoms with E-state index in [1.165, 1.54) is 36.6 Å². The number of methoxy groups -OCH3 is 1. The Balaban J connectivity index is 2.44. The highest BCUT2D eigenvalue weighted by molar-refractivity contribution is 7.89. The Hall–Kier alpha value is -2.43. The number of nitrogens with one attached hydrogen (secondary N) is 2. The van der Waals surface area contributed by atoms with Crippen molar-refractivity contribution >= 4 is 38.2 Å². The van der Waals surface area contributed by atoms with Gasteiger partial charge in [-0.15, -0.1) is 11.3 Å². The quantitative estimate of drug-likeness (QED) is 0.628. The van der Waals surface area contributed by atoms with Crippen LogP contribution in [0.1, 0.15) is 45.0 Å². The van der Waals surface area contributed by atoms with Crippen molar-refractivity contribution in [3.05, 3.63) is 39.8 Å². The Bertz CT molecular complexity index is 1030. The molecule has 0 saturated heterocycles. The molecular formula is C18H23N3O5S2. The molecule has 0 atom stereocenters. The van der Waals surface area contributed by atoms with E-state index >= 15 is 0 Å². The Kier molecular flexibility index (Phi) is 6.48. The molecule has 0 aliphatic carbocycles. The summed E-state index contributed by atoms with van der Waals surface area (Å²) in [5, 5.41) is 2.98. The van der Waals surface area contributed by atoms with Crippen molar-refractivity contribution < 1.29 is 22.7 Å². The number of aryl methyl sites for hydroxylation is 1. The zero-order chi connectivity index (χ0) is 21.2. The maximum Gasteiger partial charge on any atom is 0.256 e. The van der Waals surface area contributed by atoms with Crippen molar-refractivity contribution in [3.63, 3.8) is 0 Å². The van der Waals surface area contributed by atoms with Crippen LogP contribution in [-0.2, 0) is 10.0 Å². The molecule has 1 aromatic carbocycles. The second kappa shape index (κ2) is 8.29. The van der Waals surface area contributed by atoms with Gasteiger partial charge in [0.2, 0.25) is 10.0 Å². The average Bonchev–Trinajstić information content (AvgIpc) is 2.87. The summed E-state index contributed by atoms with van der Waals surface area (Å²) in [5.41, 5.74) is 6.47. The van der Waals surface area contributed by atoms with Crippen LogP contribution in [0.3, 0.4) is 0 Å². The van der Waals surface area contributed by atoms with Crippen LogP contribution >= 0.6 is 11.3 Å². The van der Waals surface area contributed by atoms with Gasteiger partial charge in [-0.1, -0.05) is 0 Å². The van der Waals surface area contributed by atoms with E-state index in [9.17, 15) is 18.0 Å². The van der Waals surface area contributed by atoms with Gasteiger partial charge in [-0.05, 0) is 51.5 Å². The summed E-state index contributed by atoms with van der Waals surface area (Å²) in [7, 11) is -2.53. The first kappa shape index (κ1) is 21.9. The number of benzene rings is 1. The highest BCUT2D eigenvalue weighted by atomic mass is 32.2. The molecular weight excluding hydrogens is 402 g/mol. The molecule has 2 rings (SSSR count). The number of hydrogen-bond acceptors (Lipinski definition) is 6. The number of thiophene rings is 1. The fourth-order valence-electron chi connectivity index (χ4n) is 2.59. The Labute approximate surface area is 168 Å². The number of amides is 2. The van der Waals surface area contributed by atoms with Gasteiger partial charge in [0.15, 0.2) is 0 Å². The number of rotatable bonds is 7. The van der Waals surface area contributed by atoms with E-state index in [4.69, 9.17) is 10.5 Å². The molecule has 0 saturated carbocycles. The lowest BCUT2D eigenvalue weighted by molar-refractivity contribution is 0.100. The molecule has 4 N–H and O–H groups in total. The predicted octanol–water partition coefficient (Wildman–Crippen LogP) is 2.41. The monoisotopic (exact) mass is 425 g/mol. The summed E-state index contributed by atoms with van der Waals surface area (Å²) < 4.78 is 32.7. The molecule has 0 fully saturated rings. The zero-order valence-electron chi connectivity index (χ0n) is 16.2. The molecule has 8 nitrogen and oxygen atoms in total. The lowest BCUT2D eigenvalue weighted by atomic mass is 10.1. The van der Waals surface area contributed by atoms with Crippen molar-refractivity contribution in [2.24, 2.45) is 5.73 Å². The highest BCUT2D eigenvalue weighted by Gasteiger charge is 2.24. The summed E-state index contributed by atoms with van der Waals surface area (Å²) in [6.45, 7) is 6.94. The lowest BCUT2D eigenvalue weighted by Crippen LogP contribution is -2.30. The van der Waals surface area contributed by atoms with Crippen LogP contribution in [0.15, 0.2) is 23.1 Å². The minimum Gasteiger partial charge on any atom is -0.495 e. The Morgan fingerprint density at radius 2 is 1.86 bits per heavy atom. The fraction of sp³-hybridized carbons (Fsp3) is 0.333. The summed E-state index contributed by atoms with van der Waals surface area (Å²) in [5.74, 6) is -1.09. The molecule has 0 aliphatic heterocycles. The van der Waals surface area contributed by atoms with E-state index in [1.807, 2.05) is 6.92 Å². The highest BCUT2D eigenvalue weighted by Crippen LogP contribution is 2.33. The summed E-state index contributed by atoms with van der Waals surface area (Å²) in [6.07, 6.45) is 0. The number of carbonyl (C=O) groups is 2. The van der Waals surface area contributed by atoms with Gasteiger partial charge in [0.05, 0.1) is 12.7 Å². The van der Waals surface area contributed by atoms with Crippen molar-refractivity contribution in [1.82, 2.24) is 4.72 Å². The molecule has 10 heteroatoms. The van der Waals surface area contributed by atoms with Crippen LogP contribution in [0.5, 0.6) is 5.75 Å². The lowest BCUT2D eigenvalue weighted by Gasteiger charge is -2.14. The van der Waals surface area contributed by atoms with Crippen LogP contribution < -0.4 is 20.5 Å². The van der Waals surface area contributed by atoms with Crippen LogP contribution in [0.4, 0.5) is 5.00 Å². The van der Waals surface area contributed by atoms with Crippen LogP contribution in [0.2, 0.25) is 0 Å². The van der Waals surface area contributed by atoms with Gasteiger partial charge in [0, 0.05) is 16.5 Å². The van der Waals surface area contributed by atoms with Crippen molar-refractivity contribution in [1.29, 1.82) is 0 Å². The van der Waals surface area contributed by atoms with E-state index in [0.29, 0.717) is 10.6 Å². The maximum atomic E-state index is 12.7. The van der Waals surface area contributed by atoms with Crippen molar-refractivity contribution in [3.8, 4) is 5.75 Å². The predicted molar refractivity (Wildman–Crippen MR) is 109 cm³/mol. The van der Waals surface area contributed by atoms with Gasteiger partial charge < -0.3 is 15.8 Å². The molecule has 0 aliphatic rings. The van der Waals surface area contributed by atoms with Crippen molar-refractivity contribution in [2.45, 2.75) is 38.6 Å². The molecule has 1 heterocycles. The second-order valence-corrected chi connectivity index (χ2v) is 9.35. The topological polar surface area (TPSA) is 128 Å². The summed E-state index contributed by atoms with van der Waals surface area (Å²) in [6, 6.07) is 3.75. The van der Waals surface area contributed by atoms with Crippen LogP contribution in [-0.4, -0.2) is 33.4 Å². The van der Waals surface area contributed by atoms with Gasteiger partial charge >= 0.3 is 0 Å². The standard InChI is InChI=1S/C18H23N3O5S2/c1-9(2)21-28(24,25)14-8-12(6-7-13(14)26-5)17(23)20-18-15(16(19)22)10(3)11(4)27-18/h6-9,21H,1-5H3,(H2,19,22)(H,20,23). The first-order valence-corrected chi connectivity index (χ1v) is 10.7. The molecule has 152 valence electrons. The van der Waals surface area contributed by atoms with E-state index in [-0.39, 0.29) is 27.8 Å². The SMILES string of the molecule is COc1ccc(C(=O)Nc2sc(C)c(C)c2C(N)=O)cc1S(=O)(=O)NC(C)C. The van der Waals surface area contributed by atoms with Gasteiger partial charge in [0.1, 0.15) is 15.6 Å². The average molecular weight is 426 g/mol. The first-order valence-electron chi connectivity index (χ1n) is 8.39. The number of nitrogens with two attached hydrogens (primary N) is 1. The molecule has 0 unspecified atom stereocenters. The molecule has 0 bridgehead atoms. The minimum atomic E-state index is -3.88. The van der Waals surface area contributed by atoms with Gasteiger partial charge in [-0.2, -0.15) is 0 Å². The number of ether oxygens (including phenoxy) is 1. The second-order valence-electron chi connectivity index (χ2n) is 6.45. The van der Waals surface area contributed by atoms with Crippen molar-refractivity contribution in [2.75, 3.05) is 12.4 Å². The number of hydrogen-bond donors (Lipinski definition) is 3. The van der Waals surface area contributed by atoms with Crippen LogP contribution in [0.25, 0.3) is 0 Å². The molecule has 0 radical (unpaired) electrons. The normalized spacial score (nSPS) is 11.5. The largest absolute Gasteiger partial charge is 0.495 e. The van der Waals surface area contributed by atoms with Crippen LogP contribution in [0, 0.1) is 13.8 Å². The third-order valence-electron chi connectivity index (χ3n) is 3.96. The first-order chi connectivity index (χ1) is 13.0. The zero-order valence-corrected chi connectivity index (χ0v) is 17.9. The van der Waals surface area contributed by atoms with Gasteiger partial charge in [-0.3, -0.25) is 9.59 Å². The smallest absolute Gasteiger partial charge is 0.256 e. The fourth-order valence-corrected chi connectivity index (χ4v) is 5.10. The van der Waals surface area contributed by atoms with Gasteiger partial charge in [0.25, 0.3) is 11.8 Å². The number of anilines is 1. The number of carbonyl (C=O) groups excluding carboxylic acids is 2. The third kappa shape index (κ3) is 4.51. The molecule has 1 aromatic heterocycles. The van der Waals surface area contributed by atoms with E-state index in [0.717, 1.165) is 4.88 Å². The summed E-state index contributed by atoms with van der Waals surface area (Å²) in [4.78, 5) is 25.1. The third-order valence-corrected chi connectivity index (χ3v) is 6.77. The van der Waals surface area contributed by atoms with E-state index in [1.54, 1.807) is 20.8 Å².